The van der Waals surface area contributed by atoms with Gasteiger partial charge >= 0.3 is 0 Å². The Bertz CT molecular complexity index is 962. The Morgan fingerprint density at radius 1 is 1.11 bits per heavy atom. The number of nitrogens with zero attached hydrogens (tertiary/aromatic N) is 1. The molecule has 0 unspecified atom stereocenters. The van der Waals surface area contributed by atoms with Gasteiger partial charge in [-0.15, -0.1) is 0 Å². The molecule has 0 aliphatic heterocycles. The second-order valence-corrected chi connectivity index (χ2v) is 8.30. The number of carbonyl (C=O) groups is 1. The van der Waals surface area contributed by atoms with E-state index in [0.29, 0.717) is 11.3 Å². The van der Waals surface area contributed by atoms with Crippen molar-refractivity contribution in [1.82, 2.24) is 4.31 Å². The van der Waals surface area contributed by atoms with E-state index >= 15 is 0 Å². The molecule has 0 saturated carbocycles. The van der Waals surface area contributed by atoms with Crippen LogP contribution in [0.2, 0.25) is 0 Å². The van der Waals surface area contributed by atoms with E-state index in [0.717, 1.165) is 16.4 Å². The minimum absolute atomic E-state index is 0.0219. The minimum atomic E-state index is -3.77. The highest BCUT2D eigenvalue weighted by atomic mass is 32.2. The van der Waals surface area contributed by atoms with Crippen molar-refractivity contribution in [3.8, 4) is 5.75 Å². The number of hydrogen-bond donors (Lipinski definition) is 1. The molecule has 2 aromatic carbocycles. The molecule has 28 heavy (non-hydrogen) atoms. The van der Waals surface area contributed by atoms with E-state index in [4.69, 9.17) is 4.74 Å². The van der Waals surface area contributed by atoms with Crippen LogP contribution in [0.3, 0.4) is 0 Å². The molecular formula is C19H22F2N2O4S. The zero-order valence-electron chi connectivity index (χ0n) is 15.8. The van der Waals surface area contributed by atoms with E-state index in [9.17, 15) is 22.0 Å². The number of ether oxygens (including phenoxy) is 1. The second kappa shape index (κ2) is 9.11. The summed E-state index contributed by atoms with van der Waals surface area (Å²) in [5, 5.41) is 2.61. The number of sulfonamides is 1. The number of benzene rings is 2. The number of rotatable bonds is 8. The normalized spacial score (nSPS) is 11.5. The standard InChI is InChI=1S/C19H22F2N2O4S/c1-4-27-17-9-7-14(12-18(17)28(25,26)23(2)3)22-19(24)10-6-13-5-8-15(20)16(21)11-13/h5,7-9,11-12H,4,6,10H2,1-3H3,(H,22,24). The third-order valence-corrected chi connectivity index (χ3v) is 5.75. The van der Waals surface area contributed by atoms with Crippen molar-refractivity contribution in [2.75, 3.05) is 26.0 Å². The molecule has 0 aliphatic rings. The van der Waals surface area contributed by atoms with E-state index in [1.54, 1.807) is 6.92 Å². The summed E-state index contributed by atoms with van der Waals surface area (Å²) in [7, 11) is -0.970. The smallest absolute Gasteiger partial charge is 0.246 e. The molecule has 0 aliphatic carbocycles. The van der Waals surface area contributed by atoms with E-state index < -0.39 is 21.7 Å². The van der Waals surface area contributed by atoms with Gasteiger partial charge in [0.25, 0.3) is 0 Å². The average Bonchev–Trinajstić information content (AvgIpc) is 2.64. The highest BCUT2D eigenvalue weighted by Gasteiger charge is 2.23. The summed E-state index contributed by atoms with van der Waals surface area (Å²) >= 11 is 0. The van der Waals surface area contributed by atoms with Crippen LogP contribution >= 0.6 is 0 Å². The van der Waals surface area contributed by atoms with Gasteiger partial charge in [0.05, 0.1) is 6.61 Å². The molecule has 0 fully saturated rings. The number of halogens is 2. The van der Waals surface area contributed by atoms with Crippen LogP contribution in [0.25, 0.3) is 0 Å². The first-order valence-corrected chi connectivity index (χ1v) is 10.0. The predicted molar refractivity (Wildman–Crippen MR) is 102 cm³/mol. The minimum Gasteiger partial charge on any atom is -0.492 e. The van der Waals surface area contributed by atoms with Crippen LogP contribution in [0.1, 0.15) is 18.9 Å². The lowest BCUT2D eigenvalue weighted by Gasteiger charge is -2.16. The molecule has 0 heterocycles. The second-order valence-electron chi connectivity index (χ2n) is 6.18. The maximum atomic E-state index is 13.2. The fourth-order valence-electron chi connectivity index (χ4n) is 2.44. The molecule has 0 radical (unpaired) electrons. The molecule has 0 aromatic heterocycles. The van der Waals surface area contributed by atoms with Crippen molar-refractivity contribution < 1.29 is 26.7 Å². The molecule has 0 saturated heterocycles. The zero-order valence-corrected chi connectivity index (χ0v) is 16.6. The van der Waals surface area contributed by atoms with Crippen LogP contribution in [0.15, 0.2) is 41.3 Å². The SMILES string of the molecule is CCOc1ccc(NC(=O)CCc2ccc(F)c(F)c2)cc1S(=O)(=O)N(C)C. The Morgan fingerprint density at radius 2 is 1.82 bits per heavy atom. The van der Waals surface area contributed by atoms with E-state index in [1.165, 1.54) is 38.4 Å². The van der Waals surface area contributed by atoms with Crippen LogP contribution < -0.4 is 10.1 Å². The number of carbonyl (C=O) groups excluding carboxylic acids is 1. The summed E-state index contributed by atoms with van der Waals surface area (Å²) in [5.74, 6) is -2.11. The van der Waals surface area contributed by atoms with Gasteiger partial charge in [-0.25, -0.2) is 21.5 Å². The molecule has 1 amide bonds. The van der Waals surface area contributed by atoms with E-state index in [1.807, 2.05) is 0 Å². The molecule has 6 nitrogen and oxygen atoms in total. The van der Waals surface area contributed by atoms with Gasteiger partial charge in [0.15, 0.2) is 11.6 Å². The maximum absolute atomic E-state index is 13.2. The Balaban J connectivity index is 2.14. The highest BCUT2D eigenvalue weighted by Crippen LogP contribution is 2.29. The molecular weight excluding hydrogens is 390 g/mol. The summed E-state index contributed by atoms with van der Waals surface area (Å²) in [6.45, 7) is 2.02. The largest absolute Gasteiger partial charge is 0.492 e. The molecule has 1 N–H and O–H groups in total. The Hall–Kier alpha value is -2.52. The van der Waals surface area contributed by atoms with Crippen LogP contribution in [0, 0.1) is 11.6 Å². The number of nitrogens with one attached hydrogen (secondary N) is 1. The quantitative estimate of drug-likeness (QED) is 0.723. The summed E-state index contributed by atoms with van der Waals surface area (Å²) < 4.78 is 57.6. The molecule has 152 valence electrons. The van der Waals surface area contributed by atoms with Crippen LogP contribution in [0.5, 0.6) is 5.75 Å². The van der Waals surface area contributed by atoms with Crippen LogP contribution in [0.4, 0.5) is 14.5 Å². The lowest BCUT2D eigenvalue weighted by molar-refractivity contribution is -0.116. The molecule has 2 rings (SSSR count). The van der Waals surface area contributed by atoms with Crippen molar-refractivity contribution >= 4 is 21.6 Å². The van der Waals surface area contributed by atoms with E-state index in [2.05, 4.69) is 5.32 Å². The number of hydrogen-bond acceptors (Lipinski definition) is 4. The maximum Gasteiger partial charge on any atom is 0.246 e. The Kier molecular flexibility index (Phi) is 7.09. The Labute approximate surface area is 163 Å². The first-order chi connectivity index (χ1) is 13.1. The average molecular weight is 412 g/mol. The van der Waals surface area contributed by atoms with Crippen molar-refractivity contribution in [2.45, 2.75) is 24.7 Å². The van der Waals surface area contributed by atoms with Crippen molar-refractivity contribution in [2.24, 2.45) is 0 Å². The van der Waals surface area contributed by atoms with Gasteiger partial charge in [0, 0.05) is 26.2 Å². The molecule has 0 atom stereocenters. The fraction of sp³-hybridized carbons (Fsp3) is 0.316. The molecule has 0 spiro atoms. The zero-order chi connectivity index (χ0) is 20.9. The van der Waals surface area contributed by atoms with Gasteiger partial charge in [-0.1, -0.05) is 6.07 Å². The molecule has 2 aromatic rings. The first-order valence-electron chi connectivity index (χ1n) is 8.58. The summed E-state index contributed by atoms with van der Waals surface area (Å²) in [6.07, 6.45) is 0.233. The van der Waals surface area contributed by atoms with Crippen LogP contribution in [-0.2, 0) is 21.2 Å². The summed E-state index contributed by atoms with van der Waals surface area (Å²) in [6, 6.07) is 7.80. The lowest BCUT2D eigenvalue weighted by Crippen LogP contribution is -2.23. The topological polar surface area (TPSA) is 75.7 Å². The summed E-state index contributed by atoms with van der Waals surface area (Å²) in [5.41, 5.74) is 0.774. The van der Waals surface area contributed by atoms with Crippen LogP contribution in [-0.4, -0.2) is 39.3 Å². The number of aryl methyl sites for hydroxylation is 1. The van der Waals surface area contributed by atoms with Gasteiger partial charge in [-0.3, -0.25) is 4.79 Å². The summed E-state index contributed by atoms with van der Waals surface area (Å²) in [4.78, 5) is 12.1. The van der Waals surface area contributed by atoms with Gasteiger partial charge in [-0.2, -0.15) is 0 Å². The van der Waals surface area contributed by atoms with E-state index in [-0.39, 0.29) is 36.0 Å². The van der Waals surface area contributed by atoms with Gasteiger partial charge in [0.2, 0.25) is 15.9 Å². The number of amides is 1. The van der Waals surface area contributed by atoms with Crippen molar-refractivity contribution in [3.05, 3.63) is 53.6 Å². The monoisotopic (exact) mass is 412 g/mol. The first kappa shape index (κ1) is 21.8. The van der Waals surface area contributed by atoms with Gasteiger partial charge < -0.3 is 10.1 Å². The third-order valence-electron chi connectivity index (χ3n) is 3.91. The third kappa shape index (κ3) is 5.26. The van der Waals surface area contributed by atoms with Gasteiger partial charge in [0.1, 0.15) is 10.6 Å². The molecule has 9 heteroatoms. The fourth-order valence-corrected chi connectivity index (χ4v) is 3.49. The van der Waals surface area contributed by atoms with Crippen molar-refractivity contribution in [3.63, 3.8) is 0 Å². The lowest BCUT2D eigenvalue weighted by atomic mass is 10.1. The van der Waals surface area contributed by atoms with Gasteiger partial charge in [-0.05, 0) is 49.2 Å². The highest BCUT2D eigenvalue weighted by molar-refractivity contribution is 7.89. The van der Waals surface area contributed by atoms with Crippen molar-refractivity contribution in [1.29, 1.82) is 0 Å². The Morgan fingerprint density at radius 3 is 2.43 bits per heavy atom. The predicted octanol–water partition coefficient (Wildman–Crippen LogP) is 3.19. The number of anilines is 1. The molecule has 0 bridgehead atoms.